The first-order valence-corrected chi connectivity index (χ1v) is 11.4. The van der Waals surface area contributed by atoms with Crippen LogP contribution in [0.2, 0.25) is 0 Å². The number of anilines is 1. The van der Waals surface area contributed by atoms with E-state index in [0.717, 1.165) is 23.5 Å². The van der Waals surface area contributed by atoms with E-state index >= 15 is 0 Å². The Labute approximate surface area is 200 Å². The zero-order valence-electron chi connectivity index (χ0n) is 20.1. The molecule has 0 radical (unpaired) electrons. The minimum atomic E-state index is -0.376. The lowest BCUT2D eigenvalue weighted by Gasteiger charge is -2.12. The quantitative estimate of drug-likeness (QED) is 0.299. The molecular formula is C26H31N5O3. The summed E-state index contributed by atoms with van der Waals surface area (Å²) < 4.78 is 7.01. The number of amides is 1. The summed E-state index contributed by atoms with van der Waals surface area (Å²) in [5, 5.41) is 10.6. The molecule has 1 aromatic heterocycles. The van der Waals surface area contributed by atoms with E-state index in [1.54, 1.807) is 43.3 Å². The van der Waals surface area contributed by atoms with Gasteiger partial charge in [-0.1, -0.05) is 18.2 Å². The van der Waals surface area contributed by atoms with E-state index in [-0.39, 0.29) is 11.9 Å². The third-order valence-corrected chi connectivity index (χ3v) is 5.39. The highest BCUT2D eigenvalue weighted by atomic mass is 16.5. The van der Waals surface area contributed by atoms with Gasteiger partial charge in [-0.05, 0) is 76.1 Å². The highest BCUT2D eigenvalue weighted by Crippen LogP contribution is 2.14. The molecule has 0 aliphatic heterocycles. The standard InChI is InChI=1S/C26H31N5O3/c1-5-31-19(4)23(18(3)30-31)16-17-27-26(29-24(32)20-10-8-7-9-11-20)28-22-14-12-21(13-15-22)25(33)34-6-2/h7-15H,5-6,16-17H2,1-4H3,(H2,27,28,29,32). The predicted molar refractivity (Wildman–Crippen MR) is 133 cm³/mol. The number of hydrogen-bond donors (Lipinski definition) is 2. The zero-order valence-corrected chi connectivity index (χ0v) is 20.1. The minimum Gasteiger partial charge on any atom is -0.462 e. The van der Waals surface area contributed by atoms with Gasteiger partial charge in [0.2, 0.25) is 5.96 Å². The van der Waals surface area contributed by atoms with Gasteiger partial charge in [0.15, 0.2) is 0 Å². The molecule has 8 heteroatoms. The van der Waals surface area contributed by atoms with Crippen molar-refractivity contribution in [2.24, 2.45) is 4.99 Å². The Morgan fingerprint density at radius 1 is 1.00 bits per heavy atom. The first-order chi connectivity index (χ1) is 16.4. The fourth-order valence-corrected chi connectivity index (χ4v) is 3.60. The van der Waals surface area contributed by atoms with Gasteiger partial charge < -0.3 is 10.1 Å². The molecule has 0 bridgehead atoms. The Bertz CT molecular complexity index is 1150. The summed E-state index contributed by atoms with van der Waals surface area (Å²) in [7, 11) is 0. The molecule has 0 unspecified atom stereocenters. The van der Waals surface area contributed by atoms with Crippen LogP contribution in [0.15, 0.2) is 59.6 Å². The Kier molecular flexibility index (Phi) is 8.56. The number of guanidine groups is 1. The number of nitrogens with zero attached hydrogens (tertiary/aromatic N) is 3. The molecule has 8 nitrogen and oxygen atoms in total. The number of hydrogen-bond acceptors (Lipinski definition) is 5. The van der Waals surface area contributed by atoms with E-state index in [1.807, 2.05) is 29.8 Å². The maximum Gasteiger partial charge on any atom is 0.338 e. The van der Waals surface area contributed by atoms with Crippen LogP contribution >= 0.6 is 0 Å². The van der Waals surface area contributed by atoms with E-state index < -0.39 is 0 Å². The number of ether oxygens (including phenoxy) is 1. The number of nitrogens with one attached hydrogen (secondary N) is 2. The lowest BCUT2D eigenvalue weighted by atomic mass is 10.1. The lowest BCUT2D eigenvalue weighted by molar-refractivity contribution is 0.0526. The van der Waals surface area contributed by atoms with Crippen molar-refractivity contribution in [1.29, 1.82) is 0 Å². The first-order valence-electron chi connectivity index (χ1n) is 11.4. The van der Waals surface area contributed by atoms with Gasteiger partial charge in [0.1, 0.15) is 0 Å². The molecule has 34 heavy (non-hydrogen) atoms. The Balaban J connectivity index is 1.77. The SMILES string of the molecule is CCOC(=O)c1ccc(NC(=NCCc2c(C)nn(CC)c2C)NC(=O)c2ccccc2)cc1. The topological polar surface area (TPSA) is 97.6 Å². The molecule has 2 aromatic carbocycles. The molecule has 1 amide bonds. The average Bonchev–Trinajstić information content (AvgIpc) is 3.12. The molecule has 0 aliphatic carbocycles. The second-order valence-corrected chi connectivity index (χ2v) is 7.69. The van der Waals surface area contributed by atoms with Gasteiger partial charge >= 0.3 is 5.97 Å². The van der Waals surface area contributed by atoms with Crippen molar-refractivity contribution in [3.63, 3.8) is 0 Å². The molecule has 3 rings (SSSR count). The molecule has 2 N–H and O–H groups in total. The van der Waals surface area contributed by atoms with E-state index in [9.17, 15) is 9.59 Å². The van der Waals surface area contributed by atoms with Crippen molar-refractivity contribution in [3.8, 4) is 0 Å². The molecule has 0 spiro atoms. The first kappa shape index (κ1) is 24.7. The van der Waals surface area contributed by atoms with Gasteiger partial charge in [-0.2, -0.15) is 5.10 Å². The van der Waals surface area contributed by atoms with E-state index in [1.165, 1.54) is 0 Å². The number of carbonyl (C=O) groups excluding carboxylic acids is 2. The van der Waals surface area contributed by atoms with Crippen molar-refractivity contribution >= 4 is 23.5 Å². The Morgan fingerprint density at radius 3 is 2.32 bits per heavy atom. The van der Waals surface area contributed by atoms with E-state index in [0.29, 0.717) is 42.3 Å². The fourth-order valence-electron chi connectivity index (χ4n) is 3.60. The van der Waals surface area contributed by atoms with Crippen LogP contribution in [0.5, 0.6) is 0 Å². The predicted octanol–water partition coefficient (Wildman–Crippen LogP) is 4.14. The zero-order chi connectivity index (χ0) is 24.5. The lowest BCUT2D eigenvalue weighted by Crippen LogP contribution is -2.36. The number of esters is 1. The minimum absolute atomic E-state index is 0.263. The number of rotatable bonds is 8. The number of carbonyl (C=O) groups is 2. The molecule has 0 saturated carbocycles. The second kappa shape index (κ2) is 11.8. The average molecular weight is 462 g/mol. The third kappa shape index (κ3) is 6.31. The van der Waals surface area contributed by atoms with E-state index in [4.69, 9.17) is 4.74 Å². The monoisotopic (exact) mass is 461 g/mol. The van der Waals surface area contributed by atoms with Gasteiger partial charge in [0.05, 0.1) is 17.9 Å². The molecule has 1 heterocycles. The summed E-state index contributed by atoms with van der Waals surface area (Å²) in [5.41, 5.74) is 4.97. The van der Waals surface area contributed by atoms with Crippen LogP contribution in [0.1, 0.15) is 51.5 Å². The van der Waals surface area contributed by atoms with Crippen LogP contribution in [0, 0.1) is 13.8 Å². The number of benzene rings is 2. The van der Waals surface area contributed by atoms with Gasteiger partial charge in [-0.3, -0.25) is 19.8 Å². The van der Waals surface area contributed by atoms with Crippen molar-refractivity contribution in [3.05, 3.63) is 82.7 Å². The summed E-state index contributed by atoms with van der Waals surface area (Å²) in [5.74, 6) is -0.309. The summed E-state index contributed by atoms with van der Waals surface area (Å²) in [4.78, 5) is 29.3. The maximum absolute atomic E-state index is 12.7. The summed E-state index contributed by atoms with van der Waals surface area (Å²) >= 11 is 0. The highest BCUT2D eigenvalue weighted by molar-refractivity contribution is 6.10. The van der Waals surface area contributed by atoms with Crippen molar-refractivity contribution in [1.82, 2.24) is 15.1 Å². The van der Waals surface area contributed by atoms with Crippen LogP contribution in [-0.4, -0.2) is 40.8 Å². The Hall–Kier alpha value is -3.94. The smallest absolute Gasteiger partial charge is 0.338 e. The summed E-state index contributed by atoms with van der Waals surface area (Å²) in [6.45, 7) is 9.49. The second-order valence-electron chi connectivity index (χ2n) is 7.69. The van der Waals surface area contributed by atoms with Crippen molar-refractivity contribution in [2.75, 3.05) is 18.5 Å². The normalized spacial score (nSPS) is 11.2. The molecule has 0 fully saturated rings. The fraction of sp³-hybridized carbons (Fsp3) is 0.308. The van der Waals surface area contributed by atoms with Gasteiger partial charge in [0, 0.05) is 30.0 Å². The number of aryl methyl sites for hydroxylation is 2. The molecule has 0 atom stereocenters. The molecular weight excluding hydrogens is 430 g/mol. The summed E-state index contributed by atoms with van der Waals surface area (Å²) in [6, 6.07) is 15.8. The number of aromatic nitrogens is 2. The van der Waals surface area contributed by atoms with Crippen LogP contribution in [0.25, 0.3) is 0 Å². The van der Waals surface area contributed by atoms with Gasteiger partial charge in [-0.25, -0.2) is 4.79 Å². The molecule has 178 valence electrons. The van der Waals surface area contributed by atoms with Gasteiger partial charge in [-0.15, -0.1) is 0 Å². The number of aliphatic imine (C=N–C) groups is 1. The highest BCUT2D eigenvalue weighted by Gasteiger charge is 2.12. The maximum atomic E-state index is 12.7. The van der Waals surface area contributed by atoms with Crippen molar-refractivity contribution < 1.29 is 14.3 Å². The van der Waals surface area contributed by atoms with Crippen molar-refractivity contribution in [2.45, 2.75) is 40.7 Å². The molecule has 0 saturated heterocycles. The largest absolute Gasteiger partial charge is 0.462 e. The Morgan fingerprint density at radius 2 is 1.71 bits per heavy atom. The molecule has 0 aliphatic rings. The van der Waals surface area contributed by atoms with Gasteiger partial charge in [0.25, 0.3) is 5.91 Å². The van der Waals surface area contributed by atoms with Crippen LogP contribution < -0.4 is 10.6 Å². The molecule has 3 aromatic rings. The third-order valence-electron chi connectivity index (χ3n) is 5.39. The van der Waals surface area contributed by atoms with Crippen LogP contribution in [0.3, 0.4) is 0 Å². The van der Waals surface area contributed by atoms with Crippen LogP contribution in [-0.2, 0) is 17.7 Å². The van der Waals surface area contributed by atoms with Crippen LogP contribution in [0.4, 0.5) is 5.69 Å². The van der Waals surface area contributed by atoms with E-state index in [2.05, 4.69) is 34.6 Å². The summed E-state index contributed by atoms with van der Waals surface area (Å²) in [6.07, 6.45) is 0.700.